The molecule has 0 radical (unpaired) electrons. The van der Waals surface area contributed by atoms with Crippen LogP contribution in [0.5, 0.6) is 0 Å². The van der Waals surface area contributed by atoms with Gasteiger partial charge in [-0.25, -0.2) is 4.79 Å². The number of carbonyl (C=O) groups is 1. The van der Waals surface area contributed by atoms with E-state index in [1.165, 1.54) is 0 Å². The van der Waals surface area contributed by atoms with Crippen LogP contribution >= 0.6 is 0 Å². The minimum atomic E-state index is -0.210. The molecule has 1 unspecified atom stereocenters. The van der Waals surface area contributed by atoms with E-state index in [1.54, 1.807) is 7.11 Å². The van der Waals surface area contributed by atoms with Crippen molar-refractivity contribution >= 4 is 11.7 Å². The molecule has 1 fully saturated rings. The molecule has 0 saturated heterocycles. The number of urea groups is 1. The number of ether oxygens (including phenoxy) is 1. The summed E-state index contributed by atoms with van der Waals surface area (Å²) >= 11 is 0. The Bertz CT molecular complexity index is 470. The fraction of sp³-hybridized carbons (Fsp3) is 0.562. The van der Waals surface area contributed by atoms with Crippen molar-refractivity contribution in [1.82, 2.24) is 5.32 Å². The van der Waals surface area contributed by atoms with Crippen LogP contribution in [0.4, 0.5) is 10.5 Å². The van der Waals surface area contributed by atoms with E-state index in [2.05, 4.69) is 10.6 Å². The van der Waals surface area contributed by atoms with Crippen molar-refractivity contribution in [3.05, 3.63) is 29.8 Å². The van der Waals surface area contributed by atoms with Gasteiger partial charge in [0, 0.05) is 18.8 Å². The fourth-order valence-corrected chi connectivity index (χ4v) is 2.58. The molecule has 1 aliphatic rings. The van der Waals surface area contributed by atoms with Crippen LogP contribution in [0.2, 0.25) is 0 Å². The predicted octanol–water partition coefficient (Wildman–Crippen LogP) is 2.82. The van der Waals surface area contributed by atoms with E-state index in [4.69, 9.17) is 4.74 Å². The van der Waals surface area contributed by atoms with E-state index in [0.717, 1.165) is 36.9 Å². The molecule has 2 rings (SSSR count). The Morgan fingerprint density at radius 1 is 1.33 bits per heavy atom. The maximum atomic E-state index is 12.0. The molecule has 0 aromatic heterocycles. The van der Waals surface area contributed by atoms with E-state index in [1.807, 2.05) is 31.2 Å². The molecule has 0 aliphatic heterocycles. The lowest BCUT2D eigenvalue weighted by Crippen LogP contribution is -2.40. The molecule has 1 atom stereocenters. The first-order chi connectivity index (χ1) is 10.1. The van der Waals surface area contributed by atoms with E-state index in [0.29, 0.717) is 0 Å². The number of hydrogen-bond donors (Lipinski definition) is 3. The van der Waals surface area contributed by atoms with Crippen molar-refractivity contribution in [3.63, 3.8) is 0 Å². The fourth-order valence-electron chi connectivity index (χ4n) is 2.58. The minimum Gasteiger partial charge on any atom is -0.393 e. The summed E-state index contributed by atoms with van der Waals surface area (Å²) in [6.07, 6.45) is 2.95. The number of aliphatic hydroxyl groups is 1. The van der Waals surface area contributed by atoms with Crippen LogP contribution in [-0.2, 0) is 4.74 Å². The highest BCUT2D eigenvalue weighted by Gasteiger charge is 2.20. The molecular weight excluding hydrogens is 268 g/mol. The van der Waals surface area contributed by atoms with Gasteiger partial charge in [-0.3, -0.25) is 0 Å². The molecule has 2 amide bonds. The summed E-state index contributed by atoms with van der Waals surface area (Å²) in [5.41, 5.74) is 1.78. The molecule has 3 N–H and O–H groups in total. The highest BCUT2D eigenvalue weighted by molar-refractivity contribution is 5.89. The monoisotopic (exact) mass is 292 g/mol. The van der Waals surface area contributed by atoms with Crippen LogP contribution in [0.1, 0.15) is 44.3 Å². The van der Waals surface area contributed by atoms with Crippen LogP contribution in [-0.4, -0.2) is 30.4 Å². The third kappa shape index (κ3) is 4.72. The second kappa shape index (κ2) is 7.43. The van der Waals surface area contributed by atoms with Crippen molar-refractivity contribution in [2.24, 2.45) is 0 Å². The predicted molar refractivity (Wildman–Crippen MR) is 82.3 cm³/mol. The number of methoxy groups -OCH3 is 1. The molecule has 21 heavy (non-hydrogen) atoms. The van der Waals surface area contributed by atoms with Gasteiger partial charge in [-0.1, -0.05) is 12.1 Å². The summed E-state index contributed by atoms with van der Waals surface area (Å²) in [6.45, 7) is 1.96. The quantitative estimate of drug-likeness (QED) is 0.799. The average Bonchev–Trinajstić information content (AvgIpc) is 2.49. The first-order valence-electron chi connectivity index (χ1n) is 7.47. The molecule has 1 saturated carbocycles. The molecule has 0 heterocycles. The number of benzene rings is 1. The number of hydrogen-bond acceptors (Lipinski definition) is 3. The lowest BCUT2D eigenvalue weighted by Gasteiger charge is -2.26. The van der Waals surface area contributed by atoms with Crippen molar-refractivity contribution in [2.45, 2.75) is 50.9 Å². The van der Waals surface area contributed by atoms with Crippen molar-refractivity contribution in [2.75, 3.05) is 12.4 Å². The van der Waals surface area contributed by atoms with Gasteiger partial charge < -0.3 is 20.5 Å². The smallest absolute Gasteiger partial charge is 0.319 e. The zero-order chi connectivity index (χ0) is 15.2. The Labute approximate surface area is 125 Å². The summed E-state index contributed by atoms with van der Waals surface area (Å²) in [7, 11) is 1.66. The van der Waals surface area contributed by atoms with Crippen molar-refractivity contribution < 1.29 is 14.6 Å². The van der Waals surface area contributed by atoms with Gasteiger partial charge in [-0.2, -0.15) is 0 Å². The van der Waals surface area contributed by atoms with Crippen LogP contribution in [0.3, 0.4) is 0 Å². The average molecular weight is 292 g/mol. The van der Waals surface area contributed by atoms with E-state index >= 15 is 0 Å². The molecule has 5 nitrogen and oxygen atoms in total. The zero-order valence-electron chi connectivity index (χ0n) is 12.6. The summed E-state index contributed by atoms with van der Waals surface area (Å²) in [5.74, 6) is 0. The van der Waals surface area contributed by atoms with Crippen LogP contribution in [0.25, 0.3) is 0 Å². The molecule has 1 aliphatic carbocycles. The highest BCUT2D eigenvalue weighted by atomic mass is 16.5. The van der Waals surface area contributed by atoms with Crippen molar-refractivity contribution in [1.29, 1.82) is 0 Å². The SMILES string of the molecule is COC(C)c1cccc(NC(=O)NC2CCC(O)CC2)c1. The molecule has 116 valence electrons. The van der Waals surface area contributed by atoms with Gasteiger partial charge in [0.2, 0.25) is 0 Å². The van der Waals surface area contributed by atoms with Crippen LogP contribution in [0, 0.1) is 0 Å². The lowest BCUT2D eigenvalue weighted by atomic mass is 9.93. The molecule has 1 aromatic carbocycles. The number of nitrogens with one attached hydrogen (secondary N) is 2. The van der Waals surface area contributed by atoms with E-state index < -0.39 is 0 Å². The van der Waals surface area contributed by atoms with Crippen molar-refractivity contribution in [3.8, 4) is 0 Å². The number of amides is 2. The Morgan fingerprint density at radius 2 is 2.05 bits per heavy atom. The topological polar surface area (TPSA) is 70.6 Å². The van der Waals surface area contributed by atoms with Crippen LogP contribution < -0.4 is 10.6 Å². The zero-order valence-corrected chi connectivity index (χ0v) is 12.6. The molecule has 0 bridgehead atoms. The largest absolute Gasteiger partial charge is 0.393 e. The number of carbonyl (C=O) groups excluding carboxylic acids is 1. The second-order valence-corrected chi connectivity index (χ2v) is 5.61. The van der Waals surface area contributed by atoms with E-state index in [-0.39, 0.29) is 24.3 Å². The maximum Gasteiger partial charge on any atom is 0.319 e. The third-order valence-electron chi connectivity index (χ3n) is 4.00. The lowest BCUT2D eigenvalue weighted by molar-refractivity contribution is 0.118. The summed E-state index contributed by atoms with van der Waals surface area (Å²) in [5, 5.41) is 15.3. The normalized spacial score (nSPS) is 23.4. The third-order valence-corrected chi connectivity index (χ3v) is 4.00. The van der Waals surface area contributed by atoms with Gasteiger partial charge in [-0.05, 0) is 50.3 Å². The van der Waals surface area contributed by atoms with Gasteiger partial charge in [0.15, 0.2) is 0 Å². The second-order valence-electron chi connectivity index (χ2n) is 5.61. The van der Waals surface area contributed by atoms with Gasteiger partial charge in [0.1, 0.15) is 0 Å². The highest BCUT2D eigenvalue weighted by Crippen LogP contribution is 2.20. The Hall–Kier alpha value is -1.59. The molecule has 5 heteroatoms. The molecule has 1 aromatic rings. The summed E-state index contributed by atoms with van der Waals surface area (Å²) in [4.78, 5) is 12.0. The number of anilines is 1. The van der Waals surface area contributed by atoms with Gasteiger partial charge in [0.25, 0.3) is 0 Å². The molecular formula is C16H24N2O3. The Balaban J connectivity index is 1.87. The number of rotatable bonds is 4. The van der Waals surface area contributed by atoms with Gasteiger partial charge in [0.05, 0.1) is 12.2 Å². The summed E-state index contributed by atoms with van der Waals surface area (Å²) in [6, 6.07) is 7.60. The van der Waals surface area contributed by atoms with Crippen LogP contribution in [0.15, 0.2) is 24.3 Å². The van der Waals surface area contributed by atoms with Gasteiger partial charge >= 0.3 is 6.03 Å². The number of aliphatic hydroxyl groups excluding tert-OH is 1. The maximum absolute atomic E-state index is 12.0. The first kappa shape index (κ1) is 15.8. The van der Waals surface area contributed by atoms with E-state index in [9.17, 15) is 9.90 Å². The Kier molecular flexibility index (Phi) is 5.59. The minimum absolute atomic E-state index is 0.00496. The standard InChI is InChI=1S/C16H24N2O3/c1-11(21-2)12-4-3-5-14(10-12)18-16(20)17-13-6-8-15(19)9-7-13/h3-5,10-11,13,15,19H,6-9H2,1-2H3,(H2,17,18,20). The van der Waals surface area contributed by atoms with Gasteiger partial charge in [-0.15, -0.1) is 0 Å². The Morgan fingerprint density at radius 3 is 2.71 bits per heavy atom. The summed E-state index contributed by atoms with van der Waals surface area (Å²) < 4.78 is 5.28. The molecule has 0 spiro atoms. The first-order valence-corrected chi connectivity index (χ1v) is 7.47.